The van der Waals surface area contributed by atoms with E-state index in [1.54, 1.807) is 7.11 Å². The van der Waals surface area contributed by atoms with Gasteiger partial charge in [-0.05, 0) is 50.6 Å². The van der Waals surface area contributed by atoms with Crippen LogP contribution in [0.4, 0.5) is 5.69 Å². The third-order valence-corrected chi connectivity index (χ3v) is 4.04. The molecule has 140 valence electrons. The molecule has 2 heterocycles. The molecule has 6 heteroatoms. The van der Waals surface area contributed by atoms with E-state index in [0.717, 1.165) is 22.4 Å². The van der Waals surface area contributed by atoms with Crippen LogP contribution in [-0.4, -0.2) is 29.2 Å². The van der Waals surface area contributed by atoms with Gasteiger partial charge in [0, 0.05) is 23.8 Å². The molecule has 0 radical (unpaired) electrons. The molecule has 0 saturated heterocycles. The average Bonchev–Trinajstić information content (AvgIpc) is 2.65. The number of hydrogen-bond donors (Lipinski definition) is 1. The number of esters is 1. The van der Waals surface area contributed by atoms with Gasteiger partial charge in [-0.25, -0.2) is 14.8 Å². The lowest BCUT2D eigenvalue weighted by Gasteiger charge is -2.15. The predicted molar refractivity (Wildman–Crippen MR) is 105 cm³/mol. The molecular formula is C21H23N3O3. The van der Waals surface area contributed by atoms with Gasteiger partial charge in [0.1, 0.15) is 11.3 Å². The topological polar surface area (TPSA) is 73.3 Å². The van der Waals surface area contributed by atoms with E-state index in [4.69, 9.17) is 9.47 Å². The van der Waals surface area contributed by atoms with Gasteiger partial charge in [-0.3, -0.25) is 0 Å². The number of hydrogen-bond acceptors (Lipinski definition) is 6. The van der Waals surface area contributed by atoms with Crippen LogP contribution in [0, 0.1) is 6.92 Å². The van der Waals surface area contributed by atoms with Gasteiger partial charge in [0.25, 0.3) is 0 Å². The Hall–Kier alpha value is -3.15. The molecule has 0 aliphatic rings. The maximum Gasteiger partial charge on any atom is 0.342 e. The van der Waals surface area contributed by atoms with Gasteiger partial charge < -0.3 is 14.8 Å². The van der Waals surface area contributed by atoms with E-state index in [-0.39, 0.29) is 6.10 Å². The summed E-state index contributed by atoms with van der Waals surface area (Å²) >= 11 is 0. The van der Waals surface area contributed by atoms with Gasteiger partial charge in [0.15, 0.2) is 5.65 Å². The Bertz CT molecular complexity index is 970. The van der Waals surface area contributed by atoms with Crippen LogP contribution in [0.5, 0.6) is 5.75 Å². The minimum atomic E-state index is -0.409. The Morgan fingerprint density at radius 2 is 2.04 bits per heavy atom. The maximum absolute atomic E-state index is 12.6. The van der Waals surface area contributed by atoms with Crippen LogP contribution in [-0.2, 0) is 11.3 Å². The maximum atomic E-state index is 12.6. The van der Waals surface area contributed by atoms with Crippen LogP contribution < -0.4 is 10.1 Å². The molecule has 0 fully saturated rings. The second-order valence-corrected chi connectivity index (χ2v) is 6.53. The van der Waals surface area contributed by atoms with Crippen molar-refractivity contribution in [2.75, 3.05) is 12.4 Å². The monoisotopic (exact) mass is 365 g/mol. The van der Waals surface area contributed by atoms with E-state index >= 15 is 0 Å². The van der Waals surface area contributed by atoms with Gasteiger partial charge in [-0.15, -0.1) is 0 Å². The predicted octanol–water partition coefficient (Wildman–Crippen LogP) is 4.12. The fourth-order valence-electron chi connectivity index (χ4n) is 2.77. The summed E-state index contributed by atoms with van der Waals surface area (Å²) in [5, 5.41) is 4.14. The largest absolute Gasteiger partial charge is 0.497 e. The van der Waals surface area contributed by atoms with Crippen LogP contribution in [0.1, 0.15) is 35.5 Å². The lowest BCUT2D eigenvalue weighted by atomic mass is 10.1. The summed E-state index contributed by atoms with van der Waals surface area (Å²) in [5.41, 5.74) is 3.55. The van der Waals surface area contributed by atoms with E-state index in [0.29, 0.717) is 23.4 Å². The zero-order valence-corrected chi connectivity index (χ0v) is 15.9. The molecule has 3 rings (SSSR count). The molecule has 1 aromatic carbocycles. The average molecular weight is 365 g/mol. The van der Waals surface area contributed by atoms with Crippen LogP contribution in [0.25, 0.3) is 11.0 Å². The number of pyridine rings is 2. The fourth-order valence-corrected chi connectivity index (χ4v) is 2.77. The van der Waals surface area contributed by atoms with Crippen molar-refractivity contribution in [2.24, 2.45) is 0 Å². The van der Waals surface area contributed by atoms with Crippen molar-refractivity contribution >= 4 is 22.7 Å². The lowest BCUT2D eigenvalue weighted by molar-refractivity contribution is 0.0379. The van der Waals surface area contributed by atoms with E-state index in [2.05, 4.69) is 15.3 Å². The van der Waals surface area contributed by atoms with Gasteiger partial charge in [-0.2, -0.15) is 0 Å². The first-order valence-electron chi connectivity index (χ1n) is 8.82. The summed E-state index contributed by atoms with van der Waals surface area (Å²) in [5.74, 6) is 0.374. The number of nitrogens with one attached hydrogen (secondary N) is 1. The van der Waals surface area contributed by atoms with Crippen molar-refractivity contribution in [3.05, 3.63) is 59.4 Å². The summed E-state index contributed by atoms with van der Waals surface area (Å²) in [4.78, 5) is 21.4. The van der Waals surface area contributed by atoms with Crippen LogP contribution in [0.2, 0.25) is 0 Å². The standard InChI is InChI=1S/C21H23N3O3/c1-13(2)27-21(25)18-12-23-20-17(9-8-14(3)24-20)19(18)22-11-15-6-5-7-16(10-15)26-4/h5-10,12-13H,11H2,1-4H3,(H,22,23,24). The first-order valence-corrected chi connectivity index (χ1v) is 8.82. The molecule has 0 unspecified atom stereocenters. The van der Waals surface area contributed by atoms with Crippen molar-refractivity contribution in [3.8, 4) is 5.75 Å². The van der Waals surface area contributed by atoms with Crippen LogP contribution in [0.3, 0.4) is 0 Å². The highest BCUT2D eigenvalue weighted by molar-refractivity contribution is 6.04. The van der Waals surface area contributed by atoms with Crippen LogP contribution in [0.15, 0.2) is 42.6 Å². The number of fused-ring (bicyclic) bond motifs is 1. The number of benzene rings is 1. The zero-order valence-electron chi connectivity index (χ0n) is 15.9. The Morgan fingerprint density at radius 3 is 2.78 bits per heavy atom. The van der Waals surface area contributed by atoms with Gasteiger partial charge in [0.2, 0.25) is 0 Å². The highest BCUT2D eigenvalue weighted by atomic mass is 16.5. The van der Waals surface area contributed by atoms with Gasteiger partial charge in [-0.1, -0.05) is 12.1 Å². The van der Waals surface area contributed by atoms with E-state index < -0.39 is 5.97 Å². The molecule has 6 nitrogen and oxygen atoms in total. The molecule has 3 aromatic rings. The number of carbonyl (C=O) groups excluding carboxylic acids is 1. The number of carbonyl (C=O) groups is 1. The molecule has 27 heavy (non-hydrogen) atoms. The van der Waals surface area contributed by atoms with E-state index in [1.807, 2.05) is 57.2 Å². The normalized spacial score (nSPS) is 10.9. The SMILES string of the molecule is COc1cccc(CNc2c(C(=O)OC(C)C)cnc3nc(C)ccc23)c1. The second-order valence-electron chi connectivity index (χ2n) is 6.53. The summed E-state index contributed by atoms with van der Waals surface area (Å²) in [6, 6.07) is 11.6. The minimum absolute atomic E-state index is 0.212. The fraction of sp³-hybridized carbons (Fsp3) is 0.286. The van der Waals surface area contributed by atoms with Crippen molar-refractivity contribution in [1.82, 2.24) is 9.97 Å². The molecule has 1 N–H and O–H groups in total. The third kappa shape index (κ3) is 4.34. The first kappa shape index (κ1) is 18.6. The lowest BCUT2D eigenvalue weighted by Crippen LogP contribution is -2.15. The number of aromatic nitrogens is 2. The second kappa shape index (κ2) is 8.03. The molecular weight excluding hydrogens is 342 g/mol. The quantitative estimate of drug-likeness (QED) is 0.662. The Kier molecular flexibility index (Phi) is 5.54. The molecule has 0 aliphatic heterocycles. The Labute approximate surface area is 158 Å². The van der Waals surface area contributed by atoms with Crippen molar-refractivity contribution in [1.29, 1.82) is 0 Å². The molecule has 0 saturated carbocycles. The minimum Gasteiger partial charge on any atom is -0.497 e. The smallest absolute Gasteiger partial charge is 0.342 e. The van der Waals surface area contributed by atoms with Crippen molar-refractivity contribution in [3.63, 3.8) is 0 Å². The summed E-state index contributed by atoms with van der Waals surface area (Å²) in [7, 11) is 1.64. The zero-order chi connectivity index (χ0) is 19.4. The molecule has 0 spiro atoms. The number of nitrogens with zero attached hydrogens (tertiary/aromatic N) is 2. The first-order chi connectivity index (χ1) is 13.0. The van der Waals surface area contributed by atoms with E-state index in [9.17, 15) is 4.79 Å². The highest BCUT2D eigenvalue weighted by Gasteiger charge is 2.18. The number of aryl methyl sites for hydroxylation is 1. The van der Waals surface area contributed by atoms with Gasteiger partial charge in [0.05, 0.1) is 18.9 Å². The van der Waals surface area contributed by atoms with E-state index in [1.165, 1.54) is 6.20 Å². The summed E-state index contributed by atoms with van der Waals surface area (Å²) < 4.78 is 10.7. The molecule has 0 aliphatic carbocycles. The number of anilines is 1. The summed E-state index contributed by atoms with van der Waals surface area (Å²) in [6.07, 6.45) is 1.31. The van der Waals surface area contributed by atoms with Gasteiger partial charge >= 0.3 is 5.97 Å². The Balaban J connectivity index is 2.00. The third-order valence-electron chi connectivity index (χ3n) is 4.04. The van der Waals surface area contributed by atoms with Crippen LogP contribution >= 0.6 is 0 Å². The van der Waals surface area contributed by atoms with Crippen molar-refractivity contribution in [2.45, 2.75) is 33.4 Å². The summed E-state index contributed by atoms with van der Waals surface area (Å²) in [6.45, 7) is 6.07. The molecule has 0 bridgehead atoms. The number of rotatable bonds is 6. The number of ether oxygens (including phenoxy) is 2. The highest BCUT2D eigenvalue weighted by Crippen LogP contribution is 2.27. The van der Waals surface area contributed by atoms with Crippen molar-refractivity contribution < 1.29 is 14.3 Å². The number of methoxy groups -OCH3 is 1. The Morgan fingerprint density at radius 1 is 1.22 bits per heavy atom. The molecule has 0 atom stereocenters. The molecule has 0 amide bonds. The molecule has 2 aromatic heterocycles.